The Morgan fingerprint density at radius 3 is 2.53 bits per heavy atom. The number of thiazole rings is 1. The molecule has 0 unspecified atom stereocenters. The molecule has 0 fully saturated rings. The van der Waals surface area contributed by atoms with Crippen molar-refractivity contribution in [3.8, 4) is 0 Å². The molecular weight excluding hydrogens is 278 g/mol. The van der Waals surface area contributed by atoms with Gasteiger partial charge in [-0.3, -0.25) is 4.79 Å². The van der Waals surface area contributed by atoms with Gasteiger partial charge >= 0.3 is 4.87 Å². The van der Waals surface area contributed by atoms with Gasteiger partial charge in [0.15, 0.2) is 4.21 Å². The van der Waals surface area contributed by atoms with E-state index in [0.717, 1.165) is 0 Å². The highest BCUT2D eigenvalue weighted by Gasteiger charge is 2.31. The number of halogens is 2. The second-order valence-corrected chi connectivity index (χ2v) is 6.21. The predicted molar refractivity (Wildman–Crippen MR) is 56.9 cm³/mol. The Morgan fingerprint density at radius 2 is 2.12 bits per heavy atom. The molecule has 0 aliphatic rings. The van der Waals surface area contributed by atoms with Gasteiger partial charge in [-0.05, 0) is 6.92 Å². The fourth-order valence-electron chi connectivity index (χ4n) is 0.969. The van der Waals surface area contributed by atoms with Crippen molar-refractivity contribution >= 4 is 21.4 Å². The van der Waals surface area contributed by atoms with Gasteiger partial charge in [-0.15, -0.1) is 0 Å². The Morgan fingerprint density at radius 1 is 1.53 bits per heavy atom. The van der Waals surface area contributed by atoms with Gasteiger partial charge in [-0.2, -0.15) is 0 Å². The fraction of sp³-hybridized carbons (Fsp3) is 0.571. The minimum absolute atomic E-state index is 0.0832. The van der Waals surface area contributed by atoms with Crippen molar-refractivity contribution < 1.29 is 22.3 Å². The molecule has 0 amide bonds. The van der Waals surface area contributed by atoms with E-state index in [1.807, 2.05) is 0 Å². The van der Waals surface area contributed by atoms with Gasteiger partial charge in [0.2, 0.25) is 0 Å². The van der Waals surface area contributed by atoms with Crippen LogP contribution in [0.5, 0.6) is 0 Å². The van der Waals surface area contributed by atoms with Crippen molar-refractivity contribution in [3.05, 3.63) is 15.4 Å². The number of aliphatic hydroxyl groups is 1. The van der Waals surface area contributed by atoms with Gasteiger partial charge in [0.1, 0.15) is 6.61 Å². The van der Waals surface area contributed by atoms with Gasteiger partial charge in [0.05, 0.1) is 6.54 Å². The molecule has 1 rings (SSSR count). The summed E-state index contributed by atoms with van der Waals surface area (Å²) in [5.74, 6) is -3.54. The van der Waals surface area contributed by atoms with Crippen molar-refractivity contribution in [1.82, 2.24) is 9.71 Å². The molecule has 6 nitrogen and oxygen atoms in total. The predicted octanol–water partition coefficient (Wildman–Crippen LogP) is -0.349. The third-order valence-electron chi connectivity index (χ3n) is 1.78. The number of aromatic amines is 1. The number of nitrogens with one attached hydrogen (secondary N) is 2. The second-order valence-electron chi connectivity index (χ2n) is 3.27. The average Bonchev–Trinajstić information content (AvgIpc) is 2.56. The molecule has 17 heavy (non-hydrogen) atoms. The van der Waals surface area contributed by atoms with E-state index in [1.165, 1.54) is 6.92 Å². The first-order valence-electron chi connectivity index (χ1n) is 4.36. The summed E-state index contributed by atoms with van der Waals surface area (Å²) in [5, 5.41) is 8.28. The minimum atomic E-state index is -4.17. The largest absolute Gasteiger partial charge is 0.390 e. The molecule has 1 heterocycles. The number of hydrogen-bond acceptors (Lipinski definition) is 5. The van der Waals surface area contributed by atoms with Gasteiger partial charge in [-0.1, -0.05) is 11.3 Å². The molecule has 1 aromatic rings. The lowest BCUT2D eigenvalue weighted by atomic mass is 10.4. The topological polar surface area (TPSA) is 99.3 Å². The number of alkyl halides is 2. The Kier molecular flexibility index (Phi) is 4.02. The summed E-state index contributed by atoms with van der Waals surface area (Å²) in [4.78, 5) is 12.5. The lowest BCUT2D eigenvalue weighted by Gasteiger charge is -2.13. The zero-order chi connectivity index (χ0) is 13.3. The Hall–Kier alpha value is -0.840. The van der Waals surface area contributed by atoms with E-state index in [2.05, 4.69) is 4.98 Å². The number of sulfonamides is 1. The van der Waals surface area contributed by atoms with Crippen LogP contribution < -0.4 is 9.60 Å². The molecule has 3 N–H and O–H groups in total. The van der Waals surface area contributed by atoms with Crippen LogP contribution in [0.4, 0.5) is 8.78 Å². The molecule has 0 aliphatic carbocycles. The summed E-state index contributed by atoms with van der Waals surface area (Å²) in [6.45, 7) is -1.34. The highest BCUT2D eigenvalue weighted by molar-refractivity contribution is 7.91. The third-order valence-corrected chi connectivity index (χ3v) is 4.78. The summed E-state index contributed by atoms with van der Waals surface area (Å²) in [6.07, 6.45) is 0. The van der Waals surface area contributed by atoms with Crippen LogP contribution >= 0.6 is 11.3 Å². The second kappa shape index (κ2) is 4.80. The molecule has 0 radical (unpaired) electrons. The Balaban J connectivity index is 2.91. The number of hydrogen-bond donors (Lipinski definition) is 3. The van der Waals surface area contributed by atoms with E-state index in [4.69, 9.17) is 5.11 Å². The highest BCUT2D eigenvalue weighted by atomic mass is 32.2. The van der Waals surface area contributed by atoms with E-state index in [0.29, 0.717) is 11.3 Å². The minimum Gasteiger partial charge on any atom is -0.390 e. The number of H-pyrrole nitrogens is 1. The summed E-state index contributed by atoms with van der Waals surface area (Å²) >= 11 is 0.411. The molecule has 10 heteroatoms. The summed E-state index contributed by atoms with van der Waals surface area (Å²) < 4.78 is 49.7. The summed E-state index contributed by atoms with van der Waals surface area (Å²) in [5.41, 5.74) is 0.0832. The smallest absolute Gasteiger partial charge is 0.305 e. The van der Waals surface area contributed by atoms with Gasteiger partial charge in [0.25, 0.3) is 15.9 Å². The van der Waals surface area contributed by atoms with Crippen molar-refractivity contribution in [2.75, 3.05) is 13.2 Å². The lowest BCUT2D eigenvalue weighted by Crippen LogP contribution is -2.38. The van der Waals surface area contributed by atoms with Gasteiger partial charge < -0.3 is 10.1 Å². The summed E-state index contributed by atoms with van der Waals surface area (Å²) in [6, 6.07) is 0. The number of aliphatic hydroxyl groups excluding tert-OH is 1. The molecule has 0 spiro atoms. The van der Waals surface area contributed by atoms with Crippen LogP contribution in [0.3, 0.4) is 0 Å². The molecular formula is C7H10F2N2O4S2. The highest BCUT2D eigenvalue weighted by Crippen LogP contribution is 2.17. The van der Waals surface area contributed by atoms with Crippen LogP contribution in [-0.2, 0) is 10.0 Å². The van der Waals surface area contributed by atoms with Crippen LogP contribution in [0.25, 0.3) is 0 Å². The first kappa shape index (κ1) is 14.2. The molecule has 0 aromatic carbocycles. The maximum atomic E-state index is 12.7. The zero-order valence-electron chi connectivity index (χ0n) is 8.66. The maximum absolute atomic E-state index is 12.7. The van der Waals surface area contributed by atoms with Crippen LogP contribution in [-0.4, -0.2) is 37.6 Å². The normalized spacial score (nSPS) is 12.9. The first-order valence-corrected chi connectivity index (χ1v) is 6.66. The quantitative estimate of drug-likeness (QED) is 0.689. The molecule has 0 aliphatic heterocycles. The third kappa shape index (κ3) is 3.56. The van der Waals surface area contributed by atoms with Crippen LogP contribution in [0.15, 0.2) is 9.00 Å². The number of aryl methyl sites for hydroxylation is 1. The number of rotatable bonds is 5. The van der Waals surface area contributed by atoms with E-state index in [9.17, 15) is 22.0 Å². The maximum Gasteiger partial charge on any atom is 0.305 e. The van der Waals surface area contributed by atoms with Crippen molar-refractivity contribution in [3.63, 3.8) is 0 Å². The molecule has 1 aromatic heterocycles. The van der Waals surface area contributed by atoms with Crippen molar-refractivity contribution in [2.24, 2.45) is 0 Å². The first-order chi connectivity index (χ1) is 7.68. The van der Waals surface area contributed by atoms with Crippen LogP contribution in [0.2, 0.25) is 0 Å². The van der Waals surface area contributed by atoms with Crippen molar-refractivity contribution in [2.45, 2.75) is 17.1 Å². The van der Waals surface area contributed by atoms with E-state index in [1.54, 1.807) is 4.72 Å². The zero-order valence-corrected chi connectivity index (χ0v) is 10.3. The molecule has 0 bridgehead atoms. The van der Waals surface area contributed by atoms with E-state index >= 15 is 0 Å². The van der Waals surface area contributed by atoms with E-state index in [-0.39, 0.29) is 9.90 Å². The SMILES string of the molecule is Cc1[nH]c(=O)sc1S(=O)(=O)NCC(F)(F)CO. The molecule has 0 saturated carbocycles. The van der Waals surface area contributed by atoms with Crippen LogP contribution in [0.1, 0.15) is 5.69 Å². The summed E-state index contributed by atoms with van der Waals surface area (Å²) in [7, 11) is -4.17. The number of aromatic nitrogens is 1. The lowest BCUT2D eigenvalue weighted by molar-refractivity contribution is -0.0437. The monoisotopic (exact) mass is 288 g/mol. The van der Waals surface area contributed by atoms with Crippen molar-refractivity contribution in [1.29, 1.82) is 0 Å². The van der Waals surface area contributed by atoms with E-state index < -0.39 is 34.0 Å². The van der Waals surface area contributed by atoms with Gasteiger partial charge in [-0.25, -0.2) is 21.9 Å². The van der Waals surface area contributed by atoms with Crippen LogP contribution in [0, 0.1) is 6.92 Å². The molecule has 0 saturated heterocycles. The molecule has 98 valence electrons. The average molecular weight is 288 g/mol. The van der Waals surface area contributed by atoms with Gasteiger partial charge in [0, 0.05) is 5.69 Å². The fourth-order valence-corrected chi connectivity index (χ4v) is 3.37. The Labute approximate surface area is 99.3 Å². The Bertz CT molecular complexity index is 548. The standard InChI is InChI=1S/C7H10F2N2O4S2/c1-4-5(16-6(13)11-4)17(14,15)10-2-7(8,9)3-12/h10,12H,2-3H2,1H3,(H,11,13). The molecule has 0 atom stereocenters.